The van der Waals surface area contributed by atoms with Gasteiger partial charge in [0, 0.05) is 10.5 Å². The fourth-order valence-corrected chi connectivity index (χ4v) is 2.29. The summed E-state index contributed by atoms with van der Waals surface area (Å²) in [5.74, 6) is 4.45. The summed E-state index contributed by atoms with van der Waals surface area (Å²) in [4.78, 5) is 5.56. The van der Waals surface area contributed by atoms with Crippen LogP contribution in [-0.4, -0.2) is 22.5 Å². The molecule has 0 bridgehead atoms. The van der Waals surface area contributed by atoms with Crippen molar-refractivity contribution in [3.8, 4) is 23.7 Å². The number of thioether (sulfide) groups is 1. The summed E-state index contributed by atoms with van der Waals surface area (Å²) < 4.78 is 10.5. The molecule has 1 unspecified atom stereocenters. The maximum atomic E-state index is 5.34. The molecule has 1 atom stereocenters. The normalized spacial score (nSPS) is 12.1. The van der Waals surface area contributed by atoms with Crippen molar-refractivity contribution in [1.29, 1.82) is 0 Å². The van der Waals surface area contributed by atoms with E-state index in [4.69, 9.17) is 15.7 Å². The molecule has 1 aromatic heterocycles. The maximum Gasteiger partial charge on any atom is 0.255 e. The van der Waals surface area contributed by atoms with Gasteiger partial charge in [-0.3, -0.25) is 0 Å². The first-order valence-corrected chi connectivity index (χ1v) is 7.35. The van der Waals surface area contributed by atoms with Gasteiger partial charge in [-0.05, 0) is 36.9 Å². The second-order valence-electron chi connectivity index (χ2n) is 4.07. The zero-order valence-electron chi connectivity index (χ0n) is 11.5. The molecule has 2 rings (SSSR count). The fraction of sp³-hybridized carbons (Fsp3) is 0.333. The molecule has 5 heteroatoms. The van der Waals surface area contributed by atoms with Crippen LogP contribution in [0.25, 0.3) is 11.4 Å². The van der Waals surface area contributed by atoms with E-state index < -0.39 is 0 Å². The van der Waals surface area contributed by atoms with Crippen LogP contribution < -0.4 is 0 Å². The molecular weight excluding hydrogens is 272 g/mol. The summed E-state index contributed by atoms with van der Waals surface area (Å²) in [6.07, 6.45) is 4.84. The van der Waals surface area contributed by atoms with Crippen LogP contribution in [0, 0.1) is 12.3 Å². The van der Waals surface area contributed by atoms with Crippen molar-refractivity contribution in [3.63, 3.8) is 0 Å². The van der Waals surface area contributed by atoms with Crippen molar-refractivity contribution < 1.29 is 9.26 Å². The van der Waals surface area contributed by atoms with Gasteiger partial charge in [-0.25, -0.2) is 0 Å². The van der Waals surface area contributed by atoms with Crippen molar-refractivity contribution in [2.75, 3.05) is 12.4 Å². The highest BCUT2D eigenvalue weighted by atomic mass is 32.2. The molecule has 0 aliphatic rings. The lowest BCUT2D eigenvalue weighted by Gasteiger charge is -2.04. The molecule has 0 saturated heterocycles. The number of rotatable bonds is 6. The van der Waals surface area contributed by atoms with Crippen LogP contribution >= 0.6 is 11.8 Å². The maximum absolute atomic E-state index is 5.34. The summed E-state index contributed by atoms with van der Waals surface area (Å²) in [5, 5.41) is 3.97. The molecule has 4 nitrogen and oxygen atoms in total. The van der Waals surface area contributed by atoms with Gasteiger partial charge in [-0.15, -0.1) is 18.2 Å². The van der Waals surface area contributed by atoms with Gasteiger partial charge in [0.05, 0.1) is 0 Å². The number of hydrogen-bond donors (Lipinski definition) is 0. The summed E-state index contributed by atoms with van der Waals surface area (Å²) in [7, 11) is 0. The third-order valence-electron chi connectivity index (χ3n) is 2.63. The summed E-state index contributed by atoms with van der Waals surface area (Å²) in [5.41, 5.74) is 0.921. The van der Waals surface area contributed by atoms with Crippen LogP contribution in [0.4, 0.5) is 0 Å². The Morgan fingerprint density at radius 2 is 2.15 bits per heavy atom. The third-order valence-corrected chi connectivity index (χ3v) is 3.52. The van der Waals surface area contributed by atoms with E-state index >= 15 is 0 Å². The SMILES string of the molecule is C#CCOC(C)c1nc(-c2ccc(SCC)cc2)no1. The Morgan fingerprint density at radius 1 is 1.40 bits per heavy atom. The summed E-state index contributed by atoms with van der Waals surface area (Å²) in [6, 6.07) is 8.08. The van der Waals surface area contributed by atoms with E-state index in [9.17, 15) is 0 Å². The van der Waals surface area contributed by atoms with Gasteiger partial charge in [0.25, 0.3) is 5.89 Å². The molecule has 0 saturated carbocycles. The van der Waals surface area contributed by atoms with Gasteiger partial charge in [-0.1, -0.05) is 18.0 Å². The minimum absolute atomic E-state index is 0.224. The standard InChI is InChI=1S/C15H16N2O2S/c1-4-10-18-11(3)15-16-14(17-19-15)12-6-8-13(9-7-12)20-5-2/h1,6-9,11H,5,10H2,2-3H3. The molecule has 0 aliphatic carbocycles. The zero-order valence-corrected chi connectivity index (χ0v) is 12.3. The highest BCUT2D eigenvalue weighted by Crippen LogP contribution is 2.24. The smallest absolute Gasteiger partial charge is 0.255 e. The lowest BCUT2D eigenvalue weighted by atomic mass is 10.2. The minimum atomic E-state index is -0.303. The molecule has 20 heavy (non-hydrogen) atoms. The monoisotopic (exact) mass is 288 g/mol. The van der Waals surface area contributed by atoms with E-state index in [0.29, 0.717) is 11.7 Å². The fourth-order valence-electron chi connectivity index (χ4n) is 1.63. The first-order chi connectivity index (χ1) is 9.74. The lowest BCUT2D eigenvalue weighted by Crippen LogP contribution is -2.00. The van der Waals surface area contributed by atoms with Gasteiger partial charge >= 0.3 is 0 Å². The topological polar surface area (TPSA) is 48.2 Å². The minimum Gasteiger partial charge on any atom is -0.356 e. The van der Waals surface area contributed by atoms with Crippen LogP contribution in [0.5, 0.6) is 0 Å². The van der Waals surface area contributed by atoms with Gasteiger partial charge in [-0.2, -0.15) is 4.98 Å². The number of ether oxygens (including phenoxy) is 1. The van der Waals surface area contributed by atoms with E-state index in [0.717, 1.165) is 11.3 Å². The molecule has 1 heterocycles. The van der Waals surface area contributed by atoms with Gasteiger partial charge < -0.3 is 9.26 Å². The molecular formula is C15H16N2O2S. The quantitative estimate of drug-likeness (QED) is 0.601. The lowest BCUT2D eigenvalue weighted by molar-refractivity contribution is 0.0659. The molecule has 0 amide bonds. The van der Waals surface area contributed by atoms with Crippen LogP contribution in [0.3, 0.4) is 0 Å². The van der Waals surface area contributed by atoms with Crippen molar-refractivity contribution in [3.05, 3.63) is 30.2 Å². The predicted octanol–water partition coefficient (Wildman–Crippen LogP) is 3.56. The number of nitrogens with zero attached hydrogens (tertiary/aromatic N) is 2. The largest absolute Gasteiger partial charge is 0.356 e. The van der Waals surface area contributed by atoms with Crippen LogP contribution in [-0.2, 0) is 4.74 Å². The van der Waals surface area contributed by atoms with Crippen LogP contribution in [0.2, 0.25) is 0 Å². The van der Waals surface area contributed by atoms with Gasteiger partial charge in [0.2, 0.25) is 5.82 Å². The van der Waals surface area contributed by atoms with Crippen molar-refractivity contribution in [2.24, 2.45) is 0 Å². The molecule has 0 spiro atoms. The molecule has 0 radical (unpaired) electrons. The molecule has 1 aromatic carbocycles. The summed E-state index contributed by atoms with van der Waals surface area (Å²) >= 11 is 1.80. The highest BCUT2D eigenvalue weighted by Gasteiger charge is 2.15. The van der Waals surface area contributed by atoms with Crippen molar-refractivity contribution in [2.45, 2.75) is 24.8 Å². The molecule has 0 aliphatic heterocycles. The van der Waals surface area contributed by atoms with Crippen LogP contribution in [0.1, 0.15) is 25.8 Å². The van der Waals surface area contributed by atoms with E-state index in [1.807, 2.05) is 19.1 Å². The Bertz CT molecular complexity index is 587. The van der Waals surface area contributed by atoms with Crippen LogP contribution in [0.15, 0.2) is 33.7 Å². The van der Waals surface area contributed by atoms with E-state index in [1.54, 1.807) is 11.8 Å². The number of terminal acetylenes is 1. The Morgan fingerprint density at radius 3 is 2.80 bits per heavy atom. The third kappa shape index (κ3) is 3.62. The average Bonchev–Trinajstić information content (AvgIpc) is 2.96. The van der Waals surface area contributed by atoms with E-state index in [1.165, 1.54) is 4.90 Å². The number of aromatic nitrogens is 2. The Kier molecular flexibility index (Phi) is 5.22. The van der Waals surface area contributed by atoms with E-state index in [-0.39, 0.29) is 12.7 Å². The zero-order chi connectivity index (χ0) is 14.4. The predicted molar refractivity (Wildman–Crippen MR) is 79.3 cm³/mol. The van der Waals surface area contributed by atoms with Gasteiger partial charge in [0.1, 0.15) is 12.7 Å². The Balaban J connectivity index is 2.10. The van der Waals surface area contributed by atoms with Crippen molar-refractivity contribution in [1.82, 2.24) is 10.1 Å². The molecule has 2 aromatic rings. The number of hydrogen-bond acceptors (Lipinski definition) is 5. The second kappa shape index (κ2) is 7.13. The first kappa shape index (κ1) is 14.6. The first-order valence-electron chi connectivity index (χ1n) is 6.36. The van der Waals surface area contributed by atoms with Gasteiger partial charge in [0.15, 0.2) is 0 Å². The Hall–Kier alpha value is -1.77. The second-order valence-corrected chi connectivity index (χ2v) is 5.41. The summed E-state index contributed by atoms with van der Waals surface area (Å²) in [6.45, 7) is 4.18. The molecule has 104 valence electrons. The van der Waals surface area contributed by atoms with E-state index in [2.05, 4.69) is 35.1 Å². The molecule has 0 fully saturated rings. The Labute approximate surface area is 122 Å². The highest BCUT2D eigenvalue weighted by molar-refractivity contribution is 7.99. The molecule has 0 N–H and O–H groups in total. The number of benzene rings is 1. The van der Waals surface area contributed by atoms with Crippen molar-refractivity contribution >= 4 is 11.8 Å². The average molecular weight is 288 g/mol.